The van der Waals surface area contributed by atoms with Gasteiger partial charge in [0, 0.05) is 17.5 Å². The van der Waals surface area contributed by atoms with Gasteiger partial charge < -0.3 is 23.4 Å². The van der Waals surface area contributed by atoms with Crippen molar-refractivity contribution >= 4 is 16.9 Å². The van der Waals surface area contributed by atoms with Crippen LogP contribution in [0.25, 0.3) is 11.0 Å². The highest BCUT2D eigenvalue weighted by molar-refractivity contribution is 5.85. The summed E-state index contributed by atoms with van der Waals surface area (Å²) in [4.78, 5) is 11.6. The van der Waals surface area contributed by atoms with E-state index in [2.05, 4.69) is 0 Å². The molecule has 2 heterocycles. The maximum atomic E-state index is 11.6. The number of fused-ring (bicyclic) bond motifs is 2. The zero-order valence-corrected chi connectivity index (χ0v) is 15.4. The Kier molecular flexibility index (Phi) is 4.39. The first-order valence-electron chi connectivity index (χ1n) is 8.69. The second-order valence-electron chi connectivity index (χ2n) is 6.53. The topological polar surface area (TPSA) is 67.1 Å². The van der Waals surface area contributed by atoms with Crippen LogP contribution in [-0.2, 0) is 11.4 Å². The van der Waals surface area contributed by atoms with Crippen molar-refractivity contribution in [2.24, 2.45) is 0 Å². The molecule has 1 atom stereocenters. The minimum absolute atomic E-state index is 0.146. The normalized spacial score (nSPS) is 16.0. The summed E-state index contributed by atoms with van der Waals surface area (Å²) in [6.45, 7) is 2.25. The molecular formula is C21H20O6. The first-order chi connectivity index (χ1) is 13.1. The molecular weight excluding hydrogens is 348 g/mol. The minimum Gasteiger partial charge on any atom is -0.497 e. The molecule has 0 fully saturated rings. The molecule has 0 saturated heterocycles. The van der Waals surface area contributed by atoms with Crippen LogP contribution in [0.4, 0.5) is 0 Å². The zero-order valence-electron chi connectivity index (χ0n) is 15.4. The Morgan fingerprint density at radius 2 is 1.93 bits per heavy atom. The van der Waals surface area contributed by atoms with Crippen molar-refractivity contribution in [2.45, 2.75) is 25.9 Å². The molecule has 6 nitrogen and oxygen atoms in total. The van der Waals surface area contributed by atoms with Gasteiger partial charge in [0.05, 0.1) is 20.6 Å². The van der Waals surface area contributed by atoms with Crippen molar-refractivity contribution in [1.29, 1.82) is 0 Å². The van der Waals surface area contributed by atoms with E-state index in [1.807, 2.05) is 31.2 Å². The van der Waals surface area contributed by atoms with E-state index in [9.17, 15) is 4.79 Å². The fraction of sp³-hybridized carbons (Fsp3) is 0.286. The Labute approximate surface area is 156 Å². The van der Waals surface area contributed by atoms with E-state index in [4.69, 9.17) is 23.4 Å². The number of benzene rings is 2. The number of hydrogen-bond acceptors (Lipinski definition) is 6. The Morgan fingerprint density at radius 1 is 1.07 bits per heavy atom. The van der Waals surface area contributed by atoms with Crippen LogP contribution in [0, 0.1) is 0 Å². The average Bonchev–Trinajstić information content (AvgIpc) is 3.08. The lowest BCUT2D eigenvalue weighted by Gasteiger charge is -2.21. The van der Waals surface area contributed by atoms with Gasteiger partial charge in [0.15, 0.2) is 11.3 Å². The minimum atomic E-state index is -0.217. The molecule has 6 heteroatoms. The molecule has 0 saturated carbocycles. The van der Waals surface area contributed by atoms with Gasteiger partial charge in [-0.05, 0) is 29.7 Å². The highest BCUT2D eigenvalue weighted by Crippen LogP contribution is 2.37. The third-order valence-corrected chi connectivity index (χ3v) is 4.66. The molecule has 0 amide bonds. The quantitative estimate of drug-likeness (QED) is 0.490. The van der Waals surface area contributed by atoms with Gasteiger partial charge in [0.2, 0.25) is 0 Å². The molecule has 4 rings (SSSR count). The summed E-state index contributed by atoms with van der Waals surface area (Å²) in [7, 11) is 3.19. The van der Waals surface area contributed by atoms with E-state index in [0.717, 1.165) is 10.9 Å². The van der Waals surface area contributed by atoms with Gasteiger partial charge in [-0.25, -0.2) is 0 Å². The van der Waals surface area contributed by atoms with Crippen molar-refractivity contribution in [3.8, 4) is 23.0 Å². The van der Waals surface area contributed by atoms with E-state index in [1.165, 1.54) is 0 Å². The van der Waals surface area contributed by atoms with Crippen LogP contribution in [0.5, 0.6) is 23.0 Å². The fourth-order valence-electron chi connectivity index (χ4n) is 3.27. The molecule has 2 aromatic carbocycles. The van der Waals surface area contributed by atoms with Crippen LogP contribution >= 0.6 is 0 Å². The number of rotatable bonds is 5. The number of carbonyl (C=O) groups is 1. The monoisotopic (exact) mass is 368 g/mol. The van der Waals surface area contributed by atoms with Crippen molar-refractivity contribution in [2.75, 3.05) is 14.2 Å². The van der Waals surface area contributed by atoms with Gasteiger partial charge in [-0.3, -0.25) is 4.79 Å². The molecule has 1 aliphatic heterocycles. The predicted molar refractivity (Wildman–Crippen MR) is 98.8 cm³/mol. The molecule has 3 aromatic rings. The van der Waals surface area contributed by atoms with Crippen molar-refractivity contribution in [3.63, 3.8) is 0 Å². The van der Waals surface area contributed by atoms with Crippen LogP contribution in [0.1, 0.15) is 30.6 Å². The van der Waals surface area contributed by atoms with Crippen LogP contribution < -0.4 is 18.9 Å². The fourth-order valence-corrected chi connectivity index (χ4v) is 3.27. The van der Waals surface area contributed by atoms with Crippen LogP contribution in [-0.4, -0.2) is 20.2 Å². The number of ether oxygens (including phenoxy) is 4. The SMILES string of the molecule is COc1cc(OC)c2oc(COc3ccc4c(c3)OC(=O)CC4C)cc2c1. The number of hydrogen-bond donors (Lipinski definition) is 0. The molecule has 0 N–H and O–H groups in total. The average molecular weight is 368 g/mol. The smallest absolute Gasteiger partial charge is 0.311 e. The van der Waals surface area contributed by atoms with E-state index < -0.39 is 0 Å². The summed E-state index contributed by atoms with van der Waals surface area (Å²) in [5.41, 5.74) is 1.66. The van der Waals surface area contributed by atoms with E-state index >= 15 is 0 Å². The van der Waals surface area contributed by atoms with Crippen LogP contribution in [0.3, 0.4) is 0 Å². The molecule has 0 aliphatic carbocycles. The first kappa shape index (κ1) is 17.3. The van der Waals surface area contributed by atoms with E-state index in [1.54, 1.807) is 26.4 Å². The number of carbonyl (C=O) groups excluding carboxylic acids is 1. The summed E-state index contributed by atoms with van der Waals surface area (Å²) >= 11 is 0. The van der Waals surface area contributed by atoms with Crippen molar-refractivity contribution in [3.05, 3.63) is 47.7 Å². The summed E-state index contributed by atoms with van der Waals surface area (Å²) < 4.78 is 27.7. The molecule has 0 bridgehead atoms. The standard InChI is InChI=1S/C21H20O6/c1-12-6-20(22)27-18-9-14(4-5-17(12)18)25-11-16-8-13-7-15(23-2)10-19(24-3)21(13)26-16/h4-5,7-10,12H,6,11H2,1-3H3. The highest BCUT2D eigenvalue weighted by atomic mass is 16.5. The van der Waals surface area contributed by atoms with Crippen molar-refractivity contribution in [1.82, 2.24) is 0 Å². The molecule has 1 unspecified atom stereocenters. The lowest BCUT2D eigenvalue weighted by atomic mass is 9.95. The Hall–Kier alpha value is -3.15. The lowest BCUT2D eigenvalue weighted by molar-refractivity contribution is -0.135. The maximum Gasteiger partial charge on any atom is 0.311 e. The summed E-state index contributed by atoms with van der Waals surface area (Å²) in [6.07, 6.45) is 0.400. The summed E-state index contributed by atoms with van der Waals surface area (Å²) in [5.74, 6) is 3.05. The van der Waals surface area contributed by atoms with E-state index in [0.29, 0.717) is 40.8 Å². The molecule has 0 spiro atoms. The third-order valence-electron chi connectivity index (χ3n) is 4.66. The van der Waals surface area contributed by atoms with Gasteiger partial charge >= 0.3 is 5.97 Å². The van der Waals surface area contributed by atoms with Gasteiger partial charge in [0.25, 0.3) is 0 Å². The second-order valence-corrected chi connectivity index (χ2v) is 6.53. The summed E-state index contributed by atoms with van der Waals surface area (Å²) in [6, 6.07) is 11.1. The van der Waals surface area contributed by atoms with Gasteiger partial charge in [-0.1, -0.05) is 13.0 Å². The highest BCUT2D eigenvalue weighted by Gasteiger charge is 2.24. The van der Waals surface area contributed by atoms with E-state index in [-0.39, 0.29) is 18.5 Å². The maximum absolute atomic E-state index is 11.6. The van der Waals surface area contributed by atoms with Gasteiger partial charge in [-0.15, -0.1) is 0 Å². The Balaban J connectivity index is 1.55. The molecule has 0 radical (unpaired) electrons. The van der Waals surface area contributed by atoms with Crippen molar-refractivity contribution < 1.29 is 28.2 Å². The third kappa shape index (κ3) is 3.30. The number of esters is 1. The van der Waals surface area contributed by atoms with Gasteiger partial charge in [0.1, 0.15) is 29.6 Å². The predicted octanol–water partition coefficient (Wildman–Crippen LogP) is 4.44. The number of methoxy groups -OCH3 is 2. The summed E-state index contributed by atoms with van der Waals surface area (Å²) in [5, 5.41) is 0.873. The van der Waals surface area contributed by atoms with Crippen LogP contribution in [0.15, 0.2) is 40.8 Å². The molecule has 1 aromatic heterocycles. The zero-order chi connectivity index (χ0) is 19.0. The number of furan rings is 1. The van der Waals surface area contributed by atoms with Gasteiger partial charge in [-0.2, -0.15) is 0 Å². The first-order valence-corrected chi connectivity index (χ1v) is 8.69. The van der Waals surface area contributed by atoms with Crippen LogP contribution in [0.2, 0.25) is 0 Å². The largest absolute Gasteiger partial charge is 0.497 e. The molecule has 140 valence electrons. The molecule has 27 heavy (non-hydrogen) atoms. The Bertz CT molecular complexity index is 1000. The second kappa shape index (κ2) is 6.87. The Morgan fingerprint density at radius 3 is 2.70 bits per heavy atom. The molecule has 1 aliphatic rings. The lowest BCUT2D eigenvalue weighted by Crippen LogP contribution is -2.18.